The molecule has 2 aliphatic heterocycles. The summed E-state index contributed by atoms with van der Waals surface area (Å²) in [4.78, 5) is 14.6. The Hall–Kier alpha value is -3.03. The van der Waals surface area contributed by atoms with Crippen molar-refractivity contribution in [3.63, 3.8) is 0 Å². The standard InChI is InChI=1S/C27H33NO6/c1-2-30-25-20-21(8-10-24(25)32-17-16-31-23-6-4-3-5-7-23)9-11-26(29)28-14-12-22(13-15-28)27-33-18-19-34-27/h3-11,20,22,27H,2,12-19H2,1H3/b11-9+. The molecule has 0 spiro atoms. The maximum Gasteiger partial charge on any atom is 0.246 e. The number of piperidine rings is 1. The molecular weight excluding hydrogens is 434 g/mol. The molecule has 0 aromatic heterocycles. The van der Waals surface area contributed by atoms with Gasteiger partial charge >= 0.3 is 0 Å². The van der Waals surface area contributed by atoms with Gasteiger partial charge in [-0.1, -0.05) is 24.3 Å². The highest BCUT2D eigenvalue weighted by molar-refractivity contribution is 5.91. The van der Waals surface area contributed by atoms with Crippen LogP contribution in [0.15, 0.2) is 54.6 Å². The number of hydrogen-bond acceptors (Lipinski definition) is 6. The summed E-state index contributed by atoms with van der Waals surface area (Å²) in [6.45, 7) is 6.06. The Bertz CT molecular complexity index is 933. The summed E-state index contributed by atoms with van der Waals surface area (Å²) >= 11 is 0. The monoisotopic (exact) mass is 467 g/mol. The molecular formula is C27H33NO6. The Balaban J connectivity index is 1.27. The fraction of sp³-hybridized carbons (Fsp3) is 0.444. The number of likely N-dealkylation sites (tertiary alicyclic amines) is 1. The van der Waals surface area contributed by atoms with Gasteiger partial charge in [0.05, 0.1) is 19.8 Å². The van der Waals surface area contributed by atoms with Crippen LogP contribution >= 0.6 is 0 Å². The van der Waals surface area contributed by atoms with Crippen molar-refractivity contribution in [1.29, 1.82) is 0 Å². The fourth-order valence-electron chi connectivity index (χ4n) is 4.16. The van der Waals surface area contributed by atoms with Crippen LogP contribution in [-0.4, -0.2) is 63.2 Å². The van der Waals surface area contributed by atoms with Gasteiger partial charge in [-0.2, -0.15) is 0 Å². The molecule has 2 aromatic carbocycles. The van der Waals surface area contributed by atoms with Crippen molar-refractivity contribution in [3.8, 4) is 17.2 Å². The summed E-state index contributed by atoms with van der Waals surface area (Å²) in [6, 6.07) is 15.3. The molecule has 7 nitrogen and oxygen atoms in total. The molecule has 2 fully saturated rings. The molecule has 0 bridgehead atoms. The zero-order valence-corrected chi connectivity index (χ0v) is 19.7. The fourth-order valence-corrected chi connectivity index (χ4v) is 4.16. The van der Waals surface area contributed by atoms with Gasteiger partial charge in [0, 0.05) is 25.1 Å². The molecule has 2 saturated heterocycles. The number of carbonyl (C=O) groups excluding carboxylic acids is 1. The Morgan fingerprint density at radius 2 is 1.71 bits per heavy atom. The van der Waals surface area contributed by atoms with Crippen LogP contribution < -0.4 is 14.2 Å². The maximum absolute atomic E-state index is 12.7. The van der Waals surface area contributed by atoms with E-state index in [1.54, 1.807) is 6.08 Å². The molecule has 2 aromatic rings. The van der Waals surface area contributed by atoms with Gasteiger partial charge < -0.3 is 28.6 Å². The average Bonchev–Trinajstić information content (AvgIpc) is 3.42. The first-order valence-corrected chi connectivity index (χ1v) is 12.0. The normalized spacial score (nSPS) is 17.3. The smallest absolute Gasteiger partial charge is 0.246 e. The molecule has 1 amide bonds. The number of ether oxygens (including phenoxy) is 5. The number of para-hydroxylation sites is 1. The summed E-state index contributed by atoms with van der Waals surface area (Å²) in [5, 5.41) is 0. The van der Waals surface area contributed by atoms with Crippen molar-refractivity contribution in [1.82, 2.24) is 4.90 Å². The van der Waals surface area contributed by atoms with Gasteiger partial charge in [-0.15, -0.1) is 0 Å². The summed E-state index contributed by atoms with van der Waals surface area (Å²) in [7, 11) is 0. The second-order valence-electron chi connectivity index (χ2n) is 8.26. The molecule has 182 valence electrons. The van der Waals surface area contributed by atoms with Gasteiger partial charge in [-0.3, -0.25) is 4.79 Å². The Kier molecular flexibility index (Phi) is 8.82. The Morgan fingerprint density at radius 1 is 0.971 bits per heavy atom. The third-order valence-corrected chi connectivity index (χ3v) is 5.92. The maximum atomic E-state index is 12.7. The Labute approximate surface area is 201 Å². The van der Waals surface area contributed by atoms with E-state index in [0.717, 1.165) is 37.2 Å². The van der Waals surface area contributed by atoms with E-state index >= 15 is 0 Å². The lowest BCUT2D eigenvalue weighted by Gasteiger charge is -2.33. The second kappa shape index (κ2) is 12.4. The second-order valence-corrected chi connectivity index (χ2v) is 8.26. The molecule has 0 radical (unpaired) electrons. The van der Waals surface area contributed by atoms with Gasteiger partial charge in [-0.05, 0) is 55.7 Å². The first kappa shape index (κ1) is 24.1. The number of carbonyl (C=O) groups is 1. The molecule has 0 N–H and O–H groups in total. The van der Waals surface area contributed by atoms with Gasteiger partial charge in [0.1, 0.15) is 19.0 Å². The van der Waals surface area contributed by atoms with Crippen LogP contribution in [0.5, 0.6) is 17.2 Å². The van der Waals surface area contributed by atoms with E-state index in [1.807, 2.05) is 66.4 Å². The molecule has 34 heavy (non-hydrogen) atoms. The summed E-state index contributed by atoms with van der Waals surface area (Å²) in [5.41, 5.74) is 0.882. The third-order valence-electron chi connectivity index (χ3n) is 5.92. The zero-order valence-electron chi connectivity index (χ0n) is 19.7. The Morgan fingerprint density at radius 3 is 2.44 bits per heavy atom. The molecule has 4 rings (SSSR count). The molecule has 0 saturated carbocycles. The topological polar surface area (TPSA) is 66.5 Å². The largest absolute Gasteiger partial charge is 0.490 e. The number of nitrogens with zero attached hydrogens (tertiary/aromatic N) is 1. The number of rotatable bonds is 10. The lowest BCUT2D eigenvalue weighted by molar-refractivity contribution is -0.131. The molecule has 2 heterocycles. The minimum atomic E-state index is -0.101. The van der Waals surface area contributed by atoms with Crippen LogP contribution in [0, 0.1) is 5.92 Å². The van der Waals surface area contributed by atoms with E-state index in [-0.39, 0.29) is 12.2 Å². The number of amides is 1. The average molecular weight is 468 g/mol. The van der Waals surface area contributed by atoms with Crippen molar-refractivity contribution in [3.05, 3.63) is 60.2 Å². The van der Waals surface area contributed by atoms with Crippen molar-refractivity contribution < 1.29 is 28.5 Å². The lowest BCUT2D eigenvalue weighted by Crippen LogP contribution is -2.40. The first-order chi connectivity index (χ1) is 16.7. The van der Waals surface area contributed by atoms with E-state index in [2.05, 4.69) is 0 Å². The predicted octanol–water partition coefficient (Wildman–Crippen LogP) is 4.17. The van der Waals surface area contributed by atoms with E-state index in [1.165, 1.54) is 0 Å². The van der Waals surface area contributed by atoms with Gasteiger partial charge in [0.25, 0.3) is 0 Å². The van der Waals surface area contributed by atoms with E-state index < -0.39 is 0 Å². The lowest BCUT2D eigenvalue weighted by atomic mass is 9.96. The van der Waals surface area contributed by atoms with Gasteiger partial charge in [0.15, 0.2) is 17.8 Å². The summed E-state index contributed by atoms with van der Waals surface area (Å²) in [6.07, 6.45) is 5.15. The summed E-state index contributed by atoms with van der Waals surface area (Å²) < 4.78 is 28.5. The molecule has 0 atom stereocenters. The van der Waals surface area contributed by atoms with Crippen molar-refractivity contribution in [2.45, 2.75) is 26.1 Å². The van der Waals surface area contributed by atoms with Gasteiger partial charge in [-0.25, -0.2) is 0 Å². The van der Waals surface area contributed by atoms with Crippen LogP contribution in [0.1, 0.15) is 25.3 Å². The van der Waals surface area contributed by atoms with E-state index in [0.29, 0.717) is 50.5 Å². The highest BCUT2D eigenvalue weighted by Crippen LogP contribution is 2.29. The highest BCUT2D eigenvalue weighted by atomic mass is 16.7. The van der Waals surface area contributed by atoms with Crippen LogP contribution in [0.25, 0.3) is 6.08 Å². The van der Waals surface area contributed by atoms with Crippen LogP contribution in [0.2, 0.25) is 0 Å². The minimum Gasteiger partial charge on any atom is -0.490 e. The minimum absolute atomic E-state index is 0.0167. The van der Waals surface area contributed by atoms with Crippen LogP contribution in [0.4, 0.5) is 0 Å². The first-order valence-electron chi connectivity index (χ1n) is 12.0. The summed E-state index contributed by atoms with van der Waals surface area (Å²) in [5.74, 6) is 2.50. The van der Waals surface area contributed by atoms with Crippen molar-refractivity contribution >= 4 is 12.0 Å². The third kappa shape index (κ3) is 6.74. The molecule has 0 aliphatic carbocycles. The van der Waals surface area contributed by atoms with E-state index in [9.17, 15) is 4.79 Å². The zero-order chi connectivity index (χ0) is 23.6. The molecule has 2 aliphatic rings. The molecule has 7 heteroatoms. The highest BCUT2D eigenvalue weighted by Gasteiger charge is 2.31. The van der Waals surface area contributed by atoms with Gasteiger partial charge in [0.2, 0.25) is 5.91 Å². The predicted molar refractivity (Wildman–Crippen MR) is 129 cm³/mol. The van der Waals surface area contributed by atoms with Crippen molar-refractivity contribution in [2.75, 3.05) is 46.1 Å². The van der Waals surface area contributed by atoms with E-state index in [4.69, 9.17) is 23.7 Å². The van der Waals surface area contributed by atoms with Crippen molar-refractivity contribution in [2.24, 2.45) is 5.92 Å². The quantitative estimate of drug-likeness (QED) is 0.386. The van der Waals surface area contributed by atoms with Crippen LogP contribution in [-0.2, 0) is 14.3 Å². The number of benzene rings is 2. The van der Waals surface area contributed by atoms with Crippen LogP contribution in [0.3, 0.4) is 0 Å². The molecule has 0 unspecified atom stereocenters. The SMILES string of the molecule is CCOc1cc(/C=C/C(=O)N2CCC(C3OCCO3)CC2)ccc1OCCOc1ccccc1. The number of hydrogen-bond donors (Lipinski definition) is 0.